The number of benzene rings is 1. The van der Waals surface area contributed by atoms with Gasteiger partial charge >= 0.3 is 5.97 Å². The molecule has 37 heavy (non-hydrogen) atoms. The lowest BCUT2D eigenvalue weighted by molar-refractivity contribution is -0.172. The van der Waals surface area contributed by atoms with Crippen molar-refractivity contribution in [1.82, 2.24) is 15.0 Å². The van der Waals surface area contributed by atoms with Gasteiger partial charge in [-0.05, 0) is 37.0 Å². The van der Waals surface area contributed by atoms with E-state index in [0.29, 0.717) is 28.9 Å². The zero-order chi connectivity index (χ0) is 26.3. The van der Waals surface area contributed by atoms with Crippen LogP contribution in [0.2, 0.25) is 0 Å². The first-order chi connectivity index (χ1) is 17.8. The van der Waals surface area contributed by atoms with Gasteiger partial charge < -0.3 is 20.1 Å². The summed E-state index contributed by atoms with van der Waals surface area (Å²) >= 11 is 1.61. The Morgan fingerprint density at radius 1 is 1.38 bits per heavy atom. The van der Waals surface area contributed by atoms with Crippen LogP contribution < -0.4 is 16.7 Å². The average Bonchev–Trinajstić information content (AvgIpc) is 3.27. The number of hydrazone groups is 1. The predicted octanol–water partition coefficient (Wildman–Crippen LogP) is 1.61. The number of para-hydroxylation sites is 1. The fraction of sp³-hybridized carbons (Fsp3) is 0.346. The molecule has 192 valence electrons. The van der Waals surface area contributed by atoms with Crippen molar-refractivity contribution in [3.8, 4) is 11.4 Å². The fourth-order valence-electron chi connectivity index (χ4n) is 4.83. The number of amides is 1. The number of nitrogens with zero attached hydrogens (tertiary/aromatic N) is 3. The molecule has 2 atom stereocenters. The highest BCUT2D eigenvalue weighted by Crippen LogP contribution is 2.39. The van der Waals surface area contributed by atoms with Gasteiger partial charge in [-0.3, -0.25) is 9.59 Å². The number of pyridine rings is 2. The Kier molecular flexibility index (Phi) is 6.61. The molecule has 2 aliphatic heterocycles. The SMILES string of the molecule is CC[C@@]1(O)C(=O)OCc2c1cc1n(c2=O)Cc2c-1nc1ccccc1c2C=NNC(=O)C(N)CCSC. The number of aliphatic hydroxyl groups is 1. The zero-order valence-electron chi connectivity index (χ0n) is 20.5. The highest BCUT2D eigenvalue weighted by molar-refractivity contribution is 7.98. The lowest BCUT2D eigenvalue weighted by Gasteiger charge is -2.31. The Morgan fingerprint density at radius 2 is 2.16 bits per heavy atom. The summed E-state index contributed by atoms with van der Waals surface area (Å²) in [6, 6.07) is 8.48. The molecule has 11 heteroatoms. The van der Waals surface area contributed by atoms with E-state index in [0.717, 1.165) is 16.7 Å². The minimum absolute atomic E-state index is 0.0659. The number of fused-ring (bicyclic) bond motifs is 5. The first-order valence-corrected chi connectivity index (χ1v) is 13.4. The molecule has 5 rings (SSSR count). The fourth-order valence-corrected chi connectivity index (χ4v) is 5.32. The molecule has 10 nitrogen and oxygen atoms in total. The van der Waals surface area contributed by atoms with Crippen LogP contribution in [0.15, 0.2) is 40.2 Å². The molecule has 0 saturated carbocycles. The Balaban J connectivity index is 1.61. The molecule has 0 radical (unpaired) electrons. The first-order valence-electron chi connectivity index (χ1n) is 12.0. The molecule has 0 aliphatic carbocycles. The van der Waals surface area contributed by atoms with Crippen LogP contribution in [0.4, 0.5) is 0 Å². The lowest BCUT2D eigenvalue weighted by atomic mass is 9.86. The van der Waals surface area contributed by atoms with Crippen molar-refractivity contribution in [3.63, 3.8) is 0 Å². The van der Waals surface area contributed by atoms with Crippen LogP contribution in [0.25, 0.3) is 22.3 Å². The number of hydrogen-bond acceptors (Lipinski definition) is 9. The van der Waals surface area contributed by atoms with E-state index in [1.165, 1.54) is 0 Å². The van der Waals surface area contributed by atoms with Gasteiger partial charge in [-0.2, -0.15) is 16.9 Å². The van der Waals surface area contributed by atoms with Gasteiger partial charge in [-0.25, -0.2) is 15.2 Å². The van der Waals surface area contributed by atoms with E-state index in [9.17, 15) is 19.5 Å². The minimum atomic E-state index is -1.90. The molecule has 1 amide bonds. The number of rotatable bonds is 7. The Hall–Kier alpha value is -3.54. The molecule has 1 aromatic carbocycles. The van der Waals surface area contributed by atoms with Crippen molar-refractivity contribution < 1.29 is 19.4 Å². The second-order valence-electron chi connectivity index (χ2n) is 9.10. The number of thioether (sulfide) groups is 1. The van der Waals surface area contributed by atoms with Gasteiger partial charge in [0.15, 0.2) is 5.60 Å². The van der Waals surface area contributed by atoms with Gasteiger partial charge in [0.2, 0.25) is 0 Å². The summed E-state index contributed by atoms with van der Waals surface area (Å²) in [6.45, 7) is 1.69. The van der Waals surface area contributed by atoms with Gasteiger partial charge in [0.1, 0.15) is 6.61 Å². The predicted molar refractivity (Wildman–Crippen MR) is 141 cm³/mol. The molecular formula is C26H27N5O5S. The number of cyclic esters (lactones) is 1. The summed E-state index contributed by atoms with van der Waals surface area (Å²) in [7, 11) is 0. The van der Waals surface area contributed by atoms with Crippen molar-refractivity contribution >= 4 is 40.8 Å². The van der Waals surface area contributed by atoms with Gasteiger partial charge in [0.05, 0.1) is 41.3 Å². The molecule has 1 unspecified atom stereocenters. The molecular weight excluding hydrogens is 494 g/mol. The highest BCUT2D eigenvalue weighted by atomic mass is 32.2. The summed E-state index contributed by atoms with van der Waals surface area (Å²) in [6.07, 6.45) is 4.10. The second-order valence-corrected chi connectivity index (χ2v) is 10.1. The molecule has 2 aliphatic rings. The van der Waals surface area contributed by atoms with Crippen molar-refractivity contribution in [3.05, 3.63) is 62.9 Å². The van der Waals surface area contributed by atoms with E-state index >= 15 is 0 Å². The van der Waals surface area contributed by atoms with Crippen LogP contribution in [0.5, 0.6) is 0 Å². The number of nitrogens with one attached hydrogen (secondary N) is 1. The zero-order valence-corrected chi connectivity index (χ0v) is 21.3. The summed E-state index contributed by atoms with van der Waals surface area (Å²) in [5, 5.41) is 16.1. The molecule has 0 saturated heterocycles. The third-order valence-corrected chi connectivity index (χ3v) is 7.62. The van der Waals surface area contributed by atoms with Crippen LogP contribution in [-0.2, 0) is 33.1 Å². The molecule has 0 fully saturated rings. The van der Waals surface area contributed by atoms with E-state index in [1.54, 1.807) is 35.5 Å². The van der Waals surface area contributed by atoms with E-state index in [-0.39, 0.29) is 42.2 Å². The monoisotopic (exact) mass is 521 g/mol. The number of ether oxygens (including phenoxy) is 1. The third-order valence-electron chi connectivity index (χ3n) is 6.98. The minimum Gasteiger partial charge on any atom is -0.458 e. The number of esters is 1. The average molecular weight is 522 g/mol. The lowest BCUT2D eigenvalue weighted by Crippen LogP contribution is -2.44. The molecule has 0 bridgehead atoms. The maximum atomic E-state index is 13.5. The summed E-state index contributed by atoms with van der Waals surface area (Å²) in [5.41, 5.74) is 9.91. The third kappa shape index (κ3) is 4.12. The molecule has 2 aromatic heterocycles. The maximum absolute atomic E-state index is 13.5. The van der Waals surface area contributed by atoms with Gasteiger partial charge in [0.25, 0.3) is 11.5 Å². The number of nitrogens with two attached hydrogens (primary N) is 1. The summed E-state index contributed by atoms with van der Waals surface area (Å²) in [5.74, 6) is -0.381. The number of aromatic nitrogens is 2. The first kappa shape index (κ1) is 25.1. The van der Waals surface area contributed by atoms with Crippen LogP contribution >= 0.6 is 11.8 Å². The molecule has 3 aromatic rings. The summed E-state index contributed by atoms with van der Waals surface area (Å²) in [4.78, 5) is 43.1. The molecule has 4 N–H and O–H groups in total. The van der Waals surface area contributed by atoms with E-state index in [1.807, 2.05) is 30.5 Å². The molecule has 0 spiro atoms. The largest absolute Gasteiger partial charge is 0.458 e. The smallest absolute Gasteiger partial charge is 0.343 e. The van der Waals surface area contributed by atoms with Gasteiger partial charge in [-0.1, -0.05) is 25.1 Å². The second kappa shape index (κ2) is 9.73. The topological polar surface area (TPSA) is 149 Å². The Morgan fingerprint density at radius 3 is 2.92 bits per heavy atom. The van der Waals surface area contributed by atoms with Crippen molar-refractivity contribution in [2.24, 2.45) is 10.8 Å². The quantitative estimate of drug-likeness (QED) is 0.189. The van der Waals surface area contributed by atoms with E-state index in [4.69, 9.17) is 15.5 Å². The van der Waals surface area contributed by atoms with Gasteiger partial charge in [0, 0.05) is 22.1 Å². The Labute approximate surface area is 216 Å². The summed E-state index contributed by atoms with van der Waals surface area (Å²) < 4.78 is 6.71. The van der Waals surface area contributed by atoms with Crippen molar-refractivity contribution in [2.45, 2.75) is 44.6 Å². The Bertz CT molecular complexity index is 1520. The van der Waals surface area contributed by atoms with Crippen LogP contribution in [0.3, 0.4) is 0 Å². The van der Waals surface area contributed by atoms with E-state index in [2.05, 4.69) is 10.5 Å². The standard InChI is InChI=1S/C26H27N5O5S/c1-3-26(35)18-10-21-22-16(12-31(21)24(33)17(18)13-36-25(26)34)15(14-6-4-5-7-20(14)29-22)11-28-30-23(32)19(27)8-9-37-2/h4-7,10-11,19,35H,3,8-9,12-13,27H2,1-2H3,(H,30,32)/t19?,26-/m0/s1. The number of carbonyl (C=O) groups excluding carboxylic acids is 2. The molecule has 4 heterocycles. The van der Waals surface area contributed by atoms with Crippen molar-refractivity contribution in [2.75, 3.05) is 12.0 Å². The number of carbonyl (C=O) groups is 2. The van der Waals surface area contributed by atoms with Crippen LogP contribution in [0, 0.1) is 0 Å². The normalized spacial score (nSPS) is 18.9. The van der Waals surface area contributed by atoms with E-state index < -0.39 is 17.6 Å². The van der Waals surface area contributed by atoms with Crippen LogP contribution in [0.1, 0.15) is 42.0 Å². The van der Waals surface area contributed by atoms with Gasteiger partial charge in [-0.15, -0.1) is 0 Å². The van der Waals surface area contributed by atoms with Crippen LogP contribution in [-0.4, -0.2) is 50.8 Å². The highest BCUT2D eigenvalue weighted by Gasteiger charge is 2.45. The maximum Gasteiger partial charge on any atom is 0.343 e. The number of hydrogen-bond donors (Lipinski definition) is 3. The van der Waals surface area contributed by atoms with Crippen molar-refractivity contribution in [1.29, 1.82) is 0 Å².